The topological polar surface area (TPSA) is 98.2 Å². The predicted molar refractivity (Wildman–Crippen MR) is 63.0 cm³/mol. The molecule has 0 atom stereocenters. The van der Waals surface area contributed by atoms with Crippen molar-refractivity contribution in [2.24, 2.45) is 0 Å². The first-order valence-electron chi connectivity index (χ1n) is 5.88. The maximum Gasteiger partial charge on any atom is 0.389 e. The van der Waals surface area contributed by atoms with Crippen molar-refractivity contribution in [1.29, 1.82) is 0 Å². The Kier molecular flexibility index (Phi) is 3.71. The summed E-state index contributed by atoms with van der Waals surface area (Å²) in [6, 6.07) is 0. The van der Waals surface area contributed by atoms with E-state index in [0.29, 0.717) is 4.68 Å². The fourth-order valence-corrected chi connectivity index (χ4v) is 1.87. The van der Waals surface area contributed by atoms with Crippen molar-refractivity contribution in [3.05, 3.63) is 21.8 Å². The van der Waals surface area contributed by atoms with Gasteiger partial charge < -0.3 is 9.63 Å². The van der Waals surface area contributed by atoms with E-state index in [1.807, 2.05) is 0 Å². The molecule has 21 heavy (non-hydrogen) atoms. The summed E-state index contributed by atoms with van der Waals surface area (Å²) in [5, 5.41) is 16.1. The van der Waals surface area contributed by atoms with Crippen LogP contribution in [0.1, 0.15) is 29.1 Å². The summed E-state index contributed by atoms with van der Waals surface area (Å²) in [7, 11) is 0. The molecule has 2 heterocycles. The minimum absolute atomic E-state index is 0.0421. The van der Waals surface area contributed by atoms with Crippen LogP contribution in [0.5, 0.6) is 0 Å². The summed E-state index contributed by atoms with van der Waals surface area (Å²) in [6.45, 7) is 1.05. The Morgan fingerprint density at radius 3 is 2.67 bits per heavy atom. The second-order valence-electron chi connectivity index (χ2n) is 4.36. The molecule has 0 amide bonds. The molecule has 2 aromatic heterocycles. The van der Waals surface area contributed by atoms with Crippen molar-refractivity contribution in [3.8, 4) is 0 Å². The van der Waals surface area contributed by atoms with Crippen molar-refractivity contribution in [1.82, 2.24) is 14.9 Å². The standard InChI is InChI=1S/C11H10F3N3O4/c1-5-6-7(16-21-5)9(18)17(15-8(6)10(19)20)4-2-3-11(12,13)14/h2-4H2,1H3,(H,19,20). The van der Waals surface area contributed by atoms with Gasteiger partial charge in [0.25, 0.3) is 5.56 Å². The predicted octanol–water partition coefficient (Wildman–Crippen LogP) is 1.73. The van der Waals surface area contributed by atoms with Gasteiger partial charge in [-0.2, -0.15) is 18.3 Å². The molecule has 0 saturated carbocycles. The first-order valence-corrected chi connectivity index (χ1v) is 5.88. The normalized spacial score (nSPS) is 12.0. The van der Waals surface area contributed by atoms with Gasteiger partial charge in [-0.05, 0) is 13.3 Å². The van der Waals surface area contributed by atoms with Gasteiger partial charge in [-0.1, -0.05) is 5.16 Å². The molecule has 2 rings (SSSR count). The molecule has 0 aromatic carbocycles. The second kappa shape index (κ2) is 5.19. The zero-order valence-corrected chi connectivity index (χ0v) is 10.8. The molecule has 2 aromatic rings. The lowest BCUT2D eigenvalue weighted by molar-refractivity contribution is -0.136. The number of aromatic carboxylic acids is 1. The number of carboxylic acids is 1. The van der Waals surface area contributed by atoms with E-state index in [-0.39, 0.29) is 23.2 Å². The van der Waals surface area contributed by atoms with E-state index in [1.54, 1.807) is 0 Å². The first kappa shape index (κ1) is 15.0. The van der Waals surface area contributed by atoms with Crippen LogP contribution in [-0.2, 0) is 6.54 Å². The number of nitrogens with zero attached hydrogens (tertiary/aromatic N) is 3. The molecule has 7 nitrogen and oxygen atoms in total. The highest BCUT2D eigenvalue weighted by atomic mass is 19.4. The number of hydrogen-bond acceptors (Lipinski definition) is 5. The number of halogens is 3. The number of rotatable bonds is 4. The molecule has 1 N–H and O–H groups in total. The zero-order chi connectivity index (χ0) is 15.8. The largest absolute Gasteiger partial charge is 0.476 e. The average Bonchev–Trinajstić information content (AvgIpc) is 2.73. The van der Waals surface area contributed by atoms with Gasteiger partial charge >= 0.3 is 12.1 Å². The van der Waals surface area contributed by atoms with Crippen molar-refractivity contribution in [3.63, 3.8) is 0 Å². The molecule has 0 aliphatic carbocycles. The fraction of sp³-hybridized carbons (Fsp3) is 0.455. The van der Waals surface area contributed by atoms with Crippen LogP contribution in [-0.4, -0.2) is 32.2 Å². The number of aromatic nitrogens is 3. The highest BCUT2D eigenvalue weighted by Crippen LogP contribution is 2.22. The summed E-state index contributed by atoms with van der Waals surface area (Å²) >= 11 is 0. The Bertz CT molecular complexity index is 747. The van der Waals surface area contributed by atoms with Gasteiger partial charge in [0.1, 0.15) is 5.76 Å². The van der Waals surface area contributed by atoms with Crippen LogP contribution in [0.15, 0.2) is 9.32 Å². The summed E-state index contributed by atoms with van der Waals surface area (Å²) in [5.41, 5.74) is -1.52. The van der Waals surface area contributed by atoms with Crippen LogP contribution in [0.25, 0.3) is 10.9 Å². The lowest BCUT2D eigenvalue weighted by Crippen LogP contribution is -2.26. The number of carboxylic acid groups (broad SMARTS) is 1. The third-order valence-corrected chi connectivity index (χ3v) is 2.79. The number of hydrogen-bond donors (Lipinski definition) is 1. The molecule has 0 fully saturated rings. The molecule has 0 saturated heterocycles. The van der Waals surface area contributed by atoms with E-state index in [1.165, 1.54) is 6.92 Å². The Hall–Kier alpha value is -2.39. The second-order valence-corrected chi connectivity index (χ2v) is 4.36. The lowest BCUT2D eigenvalue weighted by Gasteiger charge is -2.08. The summed E-state index contributed by atoms with van der Waals surface area (Å²) in [6.07, 6.45) is -5.84. The Balaban J connectivity index is 2.43. The van der Waals surface area contributed by atoms with Gasteiger partial charge in [0.05, 0.1) is 5.39 Å². The average molecular weight is 305 g/mol. The summed E-state index contributed by atoms with van der Waals surface area (Å²) < 4.78 is 41.7. The van der Waals surface area contributed by atoms with Crippen LogP contribution in [0.3, 0.4) is 0 Å². The van der Waals surface area contributed by atoms with E-state index < -0.39 is 36.2 Å². The highest BCUT2D eigenvalue weighted by Gasteiger charge is 2.27. The highest BCUT2D eigenvalue weighted by molar-refractivity contribution is 6.00. The molecular formula is C11H10F3N3O4. The molecule has 0 spiro atoms. The molecule has 0 radical (unpaired) electrons. The van der Waals surface area contributed by atoms with E-state index in [0.717, 1.165) is 0 Å². The van der Waals surface area contributed by atoms with Crippen LogP contribution in [0.2, 0.25) is 0 Å². The number of carbonyl (C=O) groups is 1. The van der Waals surface area contributed by atoms with Gasteiger partial charge in [-0.15, -0.1) is 0 Å². The van der Waals surface area contributed by atoms with Crippen LogP contribution >= 0.6 is 0 Å². The molecule has 0 bridgehead atoms. The SMILES string of the molecule is Cc1onc2c(=O)n(CCCC(F)(F)F)nc(C(=O)O)c12. The molecular weight excluding hydrogens is 295 g/mol. The van der Waals surface area contributed by atoms with Gasteiger partial charge in [-0.3, -0.25) is 4.79 Å². The number of alkyl halides is 3. The third kappa shape index (κ3) is 3.03. The van der Waals surface area contributed by atoms with Gasteiger partial charge in [0.15, 0.2) is 11.2 Å². The van der Waals surface area contributed by atoms with E-state index in [4.69, 9.17) is 9.63 Å². The minimum Gasteiger partial charge on any atom is -0.476 e. The maximum absolute atomic E-state index is 12.1. The lowest BCUT2D eigenvalue weighted by atomic mass is 10.2. The van der Waals surface area contributed by atoms with Crippen molar-refractivity contribution < 1.29 is 27.6 Å². The molecule has 0 unspecified atom stereocenters. The van der Waals surface area contributed by atoms with Crippen LogP contribution in [0, 0.1) is 6.92 Å². The van der Waals surface area contributed by atoms with Gasteiger partial charge in [-0.25, -0.2) is 9.48 Å². The zero-order valence-electron chi connectivity index (χ0n) is 10.8. The molecule has 0 aliphatic heterocycles. The van der Waals surface area contributed by atoms with Crippen molar-refractivity contribution in [2.75, 3.05) is 0 Å². The smallest absolute Gasteiger partial charge is 0.389 e. The Morgan fingerprint density at radius 1 is 1.43 bits per heavy atom. The molecule has 10 heteroatoms. The van der Waals surface area contributed by atoms with E-state index in [9.17, 15) is 22.8 Å². The number of fused-ring (bicyclic) bond motifs is 1. The van der Waals surface area contributed by atoms with Crippen molar-refractivity contribution >= 4 is 16.9 Å². The Morgan fingerprint density at radius 2 is 2.10 bits per heavy atom. The van der Waals surface area contributed by atoms with E-state index >= 15 is 0 Å². The van der Waals surface area contributed by atoms with Gasteiger partial charge in [0.2, 0.25) is 0 Å². The quantitative estimate of drug-likeness (QED) is 0.923. The maximum atomic E-state index is 12.1. The van der Waals surface area contributed by atoms with Gasteiger partial charge in [0, 0.05) is 13.0 Å². The molecule has 0 aliphatic rings. The fourth-order valence-electron chi connectivity index (χ4n) is 1.87. The van der Waals surface area contributed by atoms with Crippen LogP contribution in [0.4, 0.5) is 13.2 Å². The Labute approximate surface area is 114 Å². The van der Waals surface area contributed by atoms with Crippen LogP contribution < -0.4 is 5.56 Å². The monoisotopic (exact) mass is 305 g/mol. The summed E-state index contributed by atoms with van der Waals surface area (Å²) in [4.78, 5) is 23.1. The van der Waals surface area contributed by atoms with E-state index in [2.05, 4.69) is 10.3 Å². The minimum atomic E-state index is -4.35. The van der Waals surface area contributed by atoms with Crippen molar-refractivity contribution in [2.45, 2.75) is 32.5 Å². The summed E-state index contributed by atoms with van der Waals surface area (Å²) in [5.74, 6) is -1.31. The first-order chi connectivity index (χ1) is 9.70. The molecule has 114 valence electrons. The third-order valence-electron chi connectivity index (χ3n) is 2.79. The number of aryl methyl sites for hydroxylation is 2.